The summed E-state index contributed by atoms with van der Waals surface area (Å²) in [6.45, 7) is 1.17. The van der Waals surface area contributed by atoms with Gasteiger partial charge in [-0.25, -0.2) is 14.4 Å². The Hall–Kier alpha value is -2.70. The number of aryl methyl sites for hydroxylation is 1. The first-order valence-corrected chi connectivity index (χ1v) is 7.46. The number of imidazole rings is 1. The summed E-state index contributed by atoms with van der Waals surface area (Å²) in [6, 6.07) is 3.61. The van der Waals surface area contributed by atoms with Gasteiger partial charge < -0.3 is 14.1 Å². The number of furan rings is 1. The lowest BCUT2D eigenvalue weighted by atomic mass is 10.3. The van der Waals surface area contributed by atoms with Gasteiger partial charge in [0.2, 0.25) is 5.91 Å². The quantitative estimate of drug-likeness (QED) is 0.803. The van der Waals surface area contributed by atoms with Gasteiger partial charge in [-0.15, -0.1) is 0 Å². The van der Waals surface area contributed by atoms with Gasteiger partial charge in [0, 0.05) is 12.1 Å². The van der Waals surface area contributed by atoms with Crippen molar-refractivity contribution in [1.29, 1.82) is 0 Å². The Morgan fingerprint density at radius 3 is 2.87 bits per heavy atom. The molecule has 1 aliphatic carbocycles. The highest BCUT2D eigenvalue weighted by atomic mass is 19.1. The summed E-state index contributed by atoms with van der Waals surface area (Å²) in [5.74, 6) is 1.71. The molecule has 1 N–H and O–H groups in total. The zero-order valence-electron chi connectivity index (χ0n) is 12.5. The monoisotopic (exact) mass is 314 g/mol. The molecule has 3 heterocycles. The average Bonchev–Trinajstić information content (AvgIpc) is 3.17. The maximum atomic E-state index is 12.9. The Morgan fingerprint density at radius 1 is 1.39 bits per heavy atom. The third kappa shape index (κ3) is 2.58. The Balaban J connectivity index is 1.83. The first-order valence-electron chi connectivity index (χ1n) is 7.46. The number of hydrogen-bond acceptors (Lipinski definition) is 4. The Kier molecular flexibility index (Phi) is 3.14. The lowest BCUT2D eigenvalue weighted by Crippen LogP contribution is -2.15. The standard InChI is InChI=1S/C16H15FN4O2/c1-9-2-5-12(23-9)14-15-18-11(6-17)7-21(15)8-13(19-14)20-16(22)10-3-4-10/h2,5,7-8,10H,3-4,6H2,1H3,(H,20,22). The number of fused-ring (bicyclic) bond motifs is 1. The van der Waals surface area contributed by atoms with Crippen molar-refractivity contribution in [1.82, 2.24) is 14.4 Å². The zero-order chi connectivity index (χ0) is 16.0. The van der Waals surface area contributed by atoms with E-state index < -0.39 is 6.67 Å². The largest absolute Gasteiger partial charge is 0.460 e. The van der Waals surface area contributed by atoms with Crippen LogP contribution in [0.3, 0.4) is 0 Å². The average molecular weight is 314 g/mol. The maximum absolute atomic E-state index is 12.9. The van der Waals surface area contributed by atoms with E-state index in [1.165, 1.54) is 0 Å². The molecule has 0 spiro atoms. The molecule has 1 amide bonds. The summed E-state index contributed by atoms with van der Waals surface area (Å²) in [5.41, 5.74) is 1.28. The molecule has 1 saturated carbocycles. The molecular formula is C16H15FN4O2. The van der Waals surface area contributed by atoms with E-state index in [1.807, 2.05) is 13.0 Å². The molecule has 23 heavy (non-hydrogen) atoms. The Bertz CT molecular complexity index is 895. The number of carbonyl (C=O) groups excluding carboxylic acids is 1. The van der Waals surface area contributed by atoms with Crippen LogP contribution < -0.4 is 5.32 Å². The zero-order valence-corrected chi connectivity index (χ0v) is 12.5. The summed E-state index contributed by atoms with van der Waals surface area (Å²) in [4.78, 5) is 20.7. The van der Waals surface area contributed by atoms with Crippen molar-refractivity contribution in [2.45, 2.75) is 26.4 Å². The normalized spacial score (nSPS) is 14.3. The predicted octanol–water partition coefficient (Wildman–Crippen LogP) is 3.12. The number of alkyl halides is 1. The van der Waals surface area contributed by atoms with Crippen molar-refractivity contribution in [3.05, 3.63) is 36.0 Å². The topological polar surface area (TPSA) is 72.4 Å². The molecule has 3 aromatic heterocycles. The van der Waals surface area contributed by atoms with Crippen LogP contribution in [-0.2, 0) is 11.5 Å². The second-order valence-electron chi connectivity index (χ2n) is 5.75. The van der Waals surface area contributed by atoms with E-state index >= 15 is 0 Å². The minimum Gasteiger partial charge on any atom is -0.460 e. The number of rotatable bonds is 4. The van der Waals surface area contributed by atoms with Crippen LogP contribution >= 0.6 is 0 Å². The van der Waals surface area contributed by atoms with Gasteiger partial charge >= 0.3 is 0 Å². The smallest absolute Gasteiger partial charge is 0.228 e. The van der Waals surface area contributed by atoms with Crippen LogP contribution in [0.2, 0.25) is 0 Å². The fourth-order valence-electron chi connectivity index (χ4n) is 2.47. The molecule has 3 aromatic rings. The fourth-order valence-corrected chi connectivity index (χ4v) is 2.47. The van der Waals surface area contributed by atoms with E-state index in [-0.39, 0.29) is 11.8 Å². The third-order valence-corrected chi connectivity index (χ3v) is 3.80. The minimum absolute atomic E-state index is 0.0377. The van der Waals surface area contributed by atoms with Gasteiger partial charge in [0.15, 0.2) is 17.1 Å². The summed E-state index contributed by atoms with van der Waals surface area (Å²) in [6.07, 6.45) is 5.05. The van der Waals surface area contributed by atoms with Crippen LogP contribution in [0.1, 0.15) is 24.3 Å². The molecule has 0 bridgehead atoms. The van der Waals surface area contributed by atoms with Crippen molar-refractivity contribution in [2.75, 3.05) is 5.32 Å². The molecular weight excluding hydrogens is 299 g/mol. The van der Waals surface area contributed by atoms with Crippen molar-refractivity contribution in [3.8, 4) is 11.5 Å². The lowest BCUT2D eigenvalue weighted by Gasteiger charge is -2.07. The highest BCUT2D eigenvalue weighted by molar-refractivity contribution is 5.93. The number of halogens is 1. The lowest BCUT2D eigenvalue weighted by molar-refractivity contribution is -0.117. The van der Waals surface area contributed by atoms with Crippen LogP contribution in [0.15, 0.2) is 28.9 Å². The van der Waals surface area contributed by atoms with E-state index in [1.54, 1.807) is 22.9 Å². The molecule has 0 unspecified atom stereocenters. The molecule has 4 rings (SSSR count). The SMILES string of the molecule is Cc1ccc(-c2nc(NC(=O)C3CC3)cn3cc(CF)nc23)o1. The molecule has 0 aromatic carbocycles. The van der Waals surface area contributed by atoms with Crippen LogP contribution in [0.25, 0.3) is 17.1 Å². The summed E-state index contributed by atoms with van der Waals surface area (Å²) >= 11 is 0. The molecule has 0 radical (unpaired) electrons. The fraction of sp³-hybridized carbons (Fsp3) is 0.312. The van der Waals surface area contributed by atoms with E-state index in [0.29, 0.717) is 28.6 Å². The third-order valence-electron chi connectivity index (χ3n) is 3.80. The molecule has 1 fully saturated rings. The summed E-state index contributed by atoms with van der Waals surface area (Å²) < 4.78 is 20.2. The first kappa shape index (κ1) is 13.9. The van der Waals surface area contributed by atoms with Gasteiger partial charge in [0.05, 0.1) is 11.9 Å². The Labute approximate surface area is 131 Å². The highest BCUT2D eigenvalue weighted by Gasteiger charge is 2.30. The van der Waals surface area contributed by atoms with Gasteiger partial charge in [0.25, 0.3) is 0 Å². The van der Waals surface area contributed by atoms with E-state index in [9.17, 15) is 9.18 Å². The van der Waals surface area contributed by atoms with Gasteiger partial charge in [-0.1, -0.05) is 0 Å². The predicted molar refractivity (Wildman–Crippen MR) is 81.6 cm³/mol. The molecule has 0 aliphatic heterocycles. The van der Waals surface area contributed by atoms with Crippen molar-refractivity contribution in [3.63, 3.8) is 0 Å². The molecule has 118 valence electrons. The van der Waals surface area contributed by atoms with Crippen LogP contribution in [-0.4, -0.2) is 20.3 Å². The molecule has 7 heteroatoms. The number of amides is 1. The number of carbonyl (C=O) groups is 1. The molecule has 0 atom stereocenters. The van der Waals surface area contributed by atoms with Gasteiger partial charge in [-0.2, -0.15) is 0 Å². The molecule has 0 saturated heterocycles. The van der Waals surface area contributed by atoms with E-state index in [0.717, 1.165) is 18.6 Å². The van der Waals surface area contributed by atoms with E-state index in [4.69, 9.17) is 4.42 Å². The van der Waals surface area contributed by atoms with Crippen molar-refractivity contribution < 1.29 is 13.6 Å². The Morgan fingerprint density at radius 2 is 2.22 bits per heavy atom. The number of anilines is 1. The maximum Gasteiger partial charge on any atom is 0.228 e. The van der Waals surface area contributed by atoms with Gasteiger partial charge in [-0.3, -0.25) is 4.79 Å². The summed E-state index contributed by atoms with van der Waals surface area (Å²) in [7, 11) is 0. The van der Waals surface area contributed by atoms with Crippen molar-refractivity contribution >= 4 is 17.4 Å². The highest BCUT2D eigenvalue weighted by Crippen LogP contribution is 2.31. The van der Waals surface area contributed by atoms with Crippen molar-refractivity contribution in [2.24, 2.45) is 5.92 Å². The van der Waals surface area contributed by atoms with Crippen LogP contribution in [0, 0.1) is 12.8 Å². The van der Waals surface area contributed by atoms with Crippen LogP contribution in [0.5, 0.6) is 0 Å². The second kappa shape index (κ2) is 5.19. The van der Waals surface area contributed by atoms with E-state index in [2.05, 4.69) is 15.3 Å². The number of hydrogen-bond donors (Lipinski definition) is 1. The molecule has 6 nitrogen and oxygen atoms in total. The van der Waals surface area contributed by atoms with Gasteiger partial charge in [0.1, 0.15) is 18.3 Å². The molecule has 1 aliphatic rings. The number of nitrogens with zero attached hydrogens (tertiary/aromatic N) is 3. The van der Waals surface area contributed by atoms with Gasteiger partial charge in [-0.05, 0) is 31.9 Å². The first-order chi connectivity index (χ1) is 11.1. The number of aromatic nitrogens is 3. The second-order valence-corrected chi connectivity index (χ2v) is 5.75. The minimum atomic E-state index is -0.665. The summed E-state index contributed by atoms with van der Waals surface area (Å²) in [5, 5.41) is 2.81. The van der Waals surface area contributed by atoms with Crippen LogP contribution in [0.4, 0.5) is 10.2 Å². The number of nitrogens with one attached hydrogen (secondary N) is 1.